The van der Waals surface area contributed by atoms with Crippen LogP contribution in [0, 0.1) is 6.92 Å². The first-order valence-electron chi connectivity index (χ1n) is 8.59. The molecule has 134 valence electrons. The van der Waals surface area contributed by atoms with Crippen LogP contribution in [0.2, 0.25) is 5.02 Å². The Morgan fingerprint density at radius 1 is 1.04 bits per heavy atom. The van der Waals surface area contributed by atoms with Gasteiger partial charge in [-0.05, 0) is 56.7 Å². The second-order valence-corrected chi connectivity index (χ2v) is 6.80. The molecule has 0 spiro atoms. The molecule has 3 aromatic rings. The van der Waals surface area contributed by atoms with Crippen molar-refractivity contribution in [3.05, 3.63) is 71.3 Å². The second-order valence-electron chi connectivity index (χ2n) is 6.39. The Labute approximate surface area is 159 Å². The number of halogens is 1. The van der Waals surface area contributed by atoms with Crippen molar-refractivity contribution in [1.82, 2.24) is 9.97 Å². The van der Waals surface area contributed by atoms with E-state index in [1.54, 1.807) is 6.20 Å². The molecule has 0 unspecified atom stereocenters. The number of nitrogens with zero attached hydrogens (tertiary/aromatic N) is 2. The minimum Gasteiger partial charge on any atom is -0.489 e. The average molecular weight is 368 g/mol. The Hall–Kier alpha value is -2.59. The summed E-state index contributed by atoms with van der Waals surface area (Å²) in [5, 5.41) is 3.96. The van der Waals surface area contributed by atoms with E-state index in [4.69, 9.17) is 16.3 Å². The van der Waals surface area contributed by atoms with E-state index in [1.165, 1.54) is 0 Å². The van der Waals surface area contributed by atoms with Gasteiger partial charge in [0.05, 0.1) is 23.4 Å². The van der Waals surface area contributed by atoms with Gasteiger partial charge >= 0.3 is 0 Å². The molecule has 1 N–H and O–H groups in total. The first-order valence-corrected chi connectivity index (χ1v) is 8.97. The number of benzene rings is 1. The monoisotopic (exact) mass is 367 g/mol. The average Bonchev–Trinajstić information content (AvgIpc) is 2.62. The third-order valence-corrected chi connectivity index (χ3v) is 4.12. The van der Waals surface area contributed by atoms with Crippen molar-refractivity contribution in [1.29, 1.82) is 0 Å². The Morgan fingerprint density at radius 3 is 2.50 bits per heavy atom. The van der Waals surface area contributed by atoms with E-state index >= 15 is 0 Å². The number of aryl methyl sites for hydroxylation is 1. The van der Waals surface area contributed by atoms with Crippen molar-refractivity contribution in [3.63, 3.8) is 0 Å². The van der Waals surface area contributed by atoms with E-state index in [9.17, 15) is 0 Å². The zero-order valence-electron chi connectivity index (χ0n) is 15.2. The van der Waals surface area contributed by atoms with Crippen LogP contribution >= 0.6 is 11.6 Å². The minimum absolute atomic E-state index is 0.0935. The van der Waals surface area contributed by atoms with E-state index in [2.05, 4.69) is 21.4 Å². The Kier molecular flexibility index (Phi) is 5.74. The minimum atomic E-state index is 0.0935. The van der Waals surface area contributed by atoms with Crippen LogP contribution in [0.5, 0.6) is 5.75 Å². The van der Waals surface area contributed by atoms with Crippen molar-refractivity contribution >= 4 is 17.3 Å². The smallest absolute Gasteiger partial charge is 0.138 e. The predicted octanol–water partition coefficient (Wildman–Crippen LogP) is 5.50. The van der Waals surface area contributed by atoms with Gasteiger partial charge in [0.2, 0.25) is 0 Å². The molecule has 0 amide bonds. The number of rotatable bonds is 6. The maximum Gasteiger partial charge on any atom is 0.138 e. The van der Waals surface area contributed by atoms with Gasteiger partial charge < -0.3 is 10.1 Å². The van der Waals surface area contributed by atoms with E-state index in [0.29, 0.717) is 17.3 Å². The summed E-state index contributed by atoms with van der Waals surface area (Å²) in [4.78, 5) is 8.73. The van der Waals surface area contributed by atoms with Crippen LogP contribution in [-0.2, 0) is 6.54 Å². The van der Waals surface area contributed by atoms with E-state index < -0.39 is 0 Å². The fourth-order valence-corrected chi connectivity index (χ4v) is 2.80. The molecule has 0 aliphatic heterocycles. The summed E-state index contributed by atoms with van der Waals surface area (Å²) in [6, 6.07) is 13.8. The van der Waals surface area contributed by atoms with E-state index in [1.807, 2.05) is 63.4 Å². The molecule has 1 aromatic carbocycles. The maximum absolute atomic E-state index is 6.32. The highest BCUT2D eigenvalue weighted by atomic mass is 35.5. The topological polar surface area (TPSA) is 47.0 Å². The molecule has 0 bridgehead atoms. The lowest BCUT2D eigenvalue weighted by Crippen LogP contribution is -2.05. The summed E-state index contributed by atoms with van der Waals surface area (Å²) < 4.78 is 5.68. The van der Waals surface area contributed by atoms with E-state index in [-0.39, 0.29) is 6.10 Å². The zero-order chi connectivity index (χ0) is 18.5. The summed E-state index contributed by atoms with van der Waals surface area (Å²) in [7, 11) is 0. The number of pyridine rings is 2. The Morgan fingerprint density at radius 2 is 1.85 bits per heavy atom. The molecule has 0 saturated heterocycles. The molecule has 5 heteroatoms. The van der Waals surface area contributed by atoms with Crippen LogP contribution in [0.25, 0.3) is 11.1 Å². The SMILES string of the molecule is Cc1cc(NCc2ccc(-c3ccc(OC(C)C)c(Cl)c3)cn2)ccn1. The second kappa shape index (κ2) is 8.19. The number of hydrogen-bond acceptors (Lipinski definition) is 4. The van der Waals surface area contributed by atoms with Crippen LogP contribution in [0.1, 0.15) is 25.2 Å². The summed E-state index contributed by atoms with van der Waals surface area (Å²) in [5.74, 6) is 0.701. The largest absolute Gasteiger partial charge is 0.489 e. The molecular weight excluding hydrogens is 346 g/mol. The van der Waals surface area contributed by atoms with Crippen LogP contribution in [0.4, 0.5) is 5.69 Å². The lowest BCUT2D eigenvalue weighted by molar-refractivity contribution is 0.242. The van der Waals surface area contributed by atoms with Crippen molar-refractivity contribution in [2.75, 3.05) is 5.32 Å². The molecule has 26 heavy (non-hydrogen) atoms. The van der Waals surface area contributed by atoms with Gasteiger partial charge in [0.15, 0.2) is 0 Å². The molecule has 2 aromatic heterocycles. The van der Waals surface area contributed by atoms with Gasteiger partial charge in [0, 0.05) is 29.3 Å². The number of nitrogens with one attached hydrogen (secondary N) is 1. The molecule has 0 aliphatic rings. The number of aromatic nitrogens is 2. The summed E-state index contributed by atoms with van der Waals surface area (Å²) in [6.45, 7) is 6.59. The fourth-order valence-electron chi connectivity index (χ4n) is 2.58. The molecule has 0 aliphatic carbocycles. The Bertz CT molecular complexity index is 879. The fraction of sp³-hybridized carbons (Fsp3) is 0.238. The van der Waals surface area contributed by atoms with Gasteiger partial charge in [-0.25, -0.2) is 0 Å². The van der Waals surface area contributed by atoms with Gasteiger partial charge in [-0.1, -0.05) is 23.7 Å². The number of ether oxygens (including phenoxy) is 1. The van der Waals surface area contributed by atoms with Crippen molar-refractivity contribution in [2.45, 2.75) is 33.4 Å². The molecule has 2 heterocycles. The van der Waals surface area contributed by atoms with Gasteiger partial charge in [-0.15, -0.1) is 0 Å². The van der Waals surface area contributed by atoms with Crippen LogP contribution in [0.15, 0.2) is 54.9 Å². The first kappa shape index (κ1) is 18.2. The molecule has 0 saturated carbocycles. The molecule has 0 atom stereocenters. The van der Waals surface area contributed by atoms with Crippen molar-refractivity contribution in [3.8, 4) is 16.9 Å². The Balaban J connectivity index is 1.68. The summed E-state index contributed by atoms with van der Waals surface area (Å²) in [5.41, 5.74) is 5.03. The van der Waals surface area contributed by atoms with Crippen molar-refractivity contribution < 1.29 is 4.74 Å². The lowest BCUT2D eigenvalue weighted by atomic mass is 10.1. The first-order chi connectivity index (χ1) is 12.5. The number of hydrogen-bond donors (Lipinski definition) is 1. The predicted molar refractivity (Wildman–Crippen MR) is 107 cm³/mol. The third-order valence-electron chi connectivity index (χ3n) is 3.82. The van der Waals surface area contributed by atoms with Crippen LogP contribution in [0.3, 0.4) is 0 Å². The highest BCUT2D eigenvalue weighted by Gasteiger charge is 2.07. The molecular formula is C21H22ClN3O. The molecule has 0 radical (unpaired) electrons. The van der Waals surface area contributed by atoms with Gasteiger partial charge in [0.1, 0.15) is 5.75 Å². The molecule has 3 rings (SSSR count). The summed E-state index contributed by atoms with van der Waals surface area (Å²) in [6.07, 6.45) is 3.75. The molecule has 0 fully saturated rings. The normalized spacial score (nSPS) is 10.8. The number of anilines is 1. The highest BCUT2D eigenvalue weighted by molar-refractivity contribution is 6.32. The van der Waals surface area contributed by atoms with Gasteiger partial charge in [-0.3, -0.25) is 9.97 Å². The molecule has 4 nitrogen and oxygen atoms in total. The summed E-state index contributed by atoms with van der Waals surface area (Å²) >= 11 is 6.32. The quantitative estimate of drug-likeness (QED) is 0.624. The van der Waals surface area contributed by atoms with Gasteiger partial charge in [0.25, 0.3) is 0 Å². The van der Waals surface area contributed by atoms with Crippen LogP contribution < -0.4 is 10.1 Å². The van der Waals surface area contributed by atoms with Gasteiger partial charge in [-0.2, -0.15) is 0 Å². The van der Waals surface area contributed by atoms with Crippen molar-refractivity contribution in [2.24, 2.45) is 0 Å². The highest BCUT2D eigenvalue weighted by Crippen LogP contribution is 2.30. The standard InChI is InChI=1S/C21H22ClN3O/c1-14(2)26-21-7-5-16(11-20(21)22)17-4-6-19(24-12-17)13-25-18-8-9-23-15(3)10-18/h4-12,14H,13H2,1-3H3,(H,23,25). The van der Waals surface area contributed by atoms with E-state index in [0.717, 1.165) is 28.2 Å². The third kappa shape index (κ3) is 4.73. The maximum atomic E-state index is 6.32. The lowest BCUT2D eigenvalue weighted by Gasteiger charge is -2.12. The zero-order valence-corrected chi connectivity index (χ0v) is 15.9. The van der Waals surface area contributed by atoms with Crippen LogP contribution in [-0.4, -0.2) is 16.1 Å².